The number of hydrogen-bond donors (Lipinski definition) is 0. The molecule has 0 unspecified atom stereocenters. The van der Waals surface area contributed by atoms with Crippen molar-refractivity contribution in [3.8, 4) is 22.9 Å². The van der Waals surface area contributed by atoms with Crippen LogP contribution in [0.2, 0.25) is 5.02 Å². The molecule has 0 N–H and O–H groups in total. The number of halogens is 1. The van der Waals surface area contributed by atoms with Crippen LogP contribution in [0.5, 0.6) is 11.5 Å². The Morgan fingerprint density at radius 1 is 1.13 bits per heavy atom. The summed E-state index contributed by atoms with van der Waals surface area (Å²) >= 11 is 5.91. The molecule has 0 spiro atoms. The van der Waals surface area contributed by atoms with Gasteiger partial charge in [0.1, 0.15) is 0 Å². The second-order valence-electron chi connectivity index (χ2n) is 7.41. The van der Waals surface area contributed by atoms with E-state index in [1.165, 1.54) is 5.56 Å². The minimum absolute atomic E-state index is 0.123. The van der Waals surface area contributed by atoms with Gasteiger partial charge in [0.05, 0.1) is 14.2 Å². The number of aromatic nitrogens is 2. The fourth-order valence-corrected chi connectivity index (χ4v) is 3.84. The number of nitrogens with zero attached hydrogens (tertiary/aromatic N) is 3. The van der Waals surface area contributed by atoms with Crippen LogP contribution in [0.25, 0.3) is 11.4 Å². The summed E-state index contributed by atoms with van der Waals surface area (Å²) in [5, 5.41) is 4.67. The Kier molecular flexibility index (Phi) is 6.42. The summed E-state index contributed by atoms with van der Waals surface area (Å²) in [7, 11) is 3.25. The second kappa shape index (κ2) is 9.39. The van der Waals surface area contributed by atoms with Gasteiger partial charge < -0.3 is 18.9 Å². The molecule has 2 aromatic carbocycles. The van der Waals surface area contributed by atoms with Crippen LogP contribution in [0, 0.1) is 0 Å². The van der Waals surface area contributed by atoms with Crippen molar-refractivity contribution in [2.75, 3.05) is 20.8 Å². The Balaban J connectivity index is 1.31. The van der Waals surface area contributed by atoms with Crippen LogP contribution >= 0.6 is 11.6 Å². The number of rotatable bonds is 7. The van der Waals surface area contributed by atoms with E-state index >= 15 is 0 Å². The van der Waals surface area contributed by atoms with Crippen molar-refractivity contribution in [1.29, 1.82) is 0 Å². The lowest BCUT2D eigenvalue weighted by molar-refractivity contribution is -0.132. The summed E-state index contributed by atoms with van der Waals surface area (Å²) in [6.07, 6.45) is 2.44. The van der Waals surface area contributed by atoms with Crippen molar-refractivity contribution in [1.82, 2.24) is 15.0 Å². The van der Waals surface area contributed by atoms with E-state index in [2.05, 4.69) is 10.1 Å². The van der Waals surface area contributed by atoms with Gasteiger partial charge in [0.25, 0.3) is 0 Å². The van der Waals surface area contributed by atoms with Crippen molar-refractivity contribution in [2.24, 2.45) is 0 Å². The average Bonchev–Trinajstić information content (AvgIpc) is 3.27. The molecule has 0 aliphatic carbocycles. The molecule has 162 valence electrons. The number of aryl methyl sites for hydroxylation is 1. The number of ether oxygens (including phenoxy) is 2. The molecule has 7 nitrogen and oxygen atoms in total. The maximum Gasteiger partial charge on any atom is 0.226 e. The predicted molar refractivity (Wildman–Crippen MR) is 116 cm³/mol. The van der Waals surface area contributed by atoms with Crippen LogP contribution in [0.15, 0.2) is 40.9 Å². The summed E-state index contributed by atoms with van der Waals surface area (Å²) in [6, 6.07) is 11.2. The van der Waals surface area contributed by atoms with Crippen LogP contribution < -0.4 is 9.47 Å². The monoisotopic (exact) mass is 441 g/mol. The van der Waals surface area contributed by atoms with Crippen molar-refractivity contribution in [3.05, 3.63) is 58.4 Å². The first-order chi connectivity index (χ1) is 15.1. The molecule has 3 aromatic rings. The molecule has 1 aliphatic heterocycles. The summed E-state index contributed by atoms with van der Waals surface area (Å²) in [5.74, 6) is 2.58. The topological polar surface area (TPSA) is 77.7 Å². The van der Waals surface area contributed by atoms with Crippen molar-refractivity contribution < 1.29 is 18.8 Å². The Bertz CT molecular complexity index is 1070. The Morgan fingerprint density at radius 2 is 1.84 bits per heavy atom. The van der Waals surface area contributed by atoms with E-state index in [9.17, 15) is 4.79 Å². The number of amides is 1. The van der Waals surface area contributed by atoms with E-state index in [1.807, 2.05) is 29.2 Å². The van der Waals surface area contributed by atoms with E-state index < -0.39 is 0 Å². The lowest BCUT2D eigenvalue weighted by Gasteiger charge is -2.29. The largest absolute Gasteiger partial charge is 0.493 e. The molecular formula is C23H24ClN3O4. The molecule has 31 heavy (non-hydrogen) atoms. The zero-order chi connectivity index (χ0) is 21.8. The fraction of sp³-hybridized carbons (Fsp3) is 0.348. The third kappa shape index (κ3) is 4.82. The van der Waals surface area contributed by atoms with Gasteiger partial charge in [-0.05, 0) is 60.4 Å². The molecule has 8 heteroatoms. The fourth-order valence-electron chi connectivity index (χ4n) is 3.72. The number of carbonyl (C=O) groups is 1. The highest BCUT2D eigenvalue weighted by Gasteiger charge is 2.22. The van der Waals surface area contributed by atoms with Crippen LogP contribution in [-0.4, -0.2) is 41.7 Å². The second-order valence-corrected chi connectivity index (χ2v) is 7.85. The Labute approximate surface area is 185 Å². The molecule has 0 radical (unpaired) electrons. The first-order valence-electron chi connectivity index (χ1n) is 10.2. The number of hydrogen-bond acceptors (Lipinski definition) is 6. The van der Waals surface area contributed by atoms with Crippen LogP contribution in [0.3, 0.4) is 0 Å². The van der Waals surface area contributed by atoms with Crippen molar-refractivity contribution >= 4 is 17.5 Å². The molecule has 0 fully saturated rings. The minimum atomic E-state index is 0.123. The van der Waals surface area contributed by atoms with Crippen LogP contribution in [0.1, 0.15) is 29.9 Å². The van der Waals surface area contributed by atoms with Gasteiger partial charge in [0.2, 0.25) is 17.6 Å². The van der Waals surface area contributed by atoms with Gasteiger partial charge in [-0.2, -0.15) is 4.98 Å². The summed E-state index contributed by atoms with van der Waals surface area (Å²) in [4.78, 5) is 19.0. The first-order valence-corrected chi connectivity index (χ1v) is 10.5. The summed E-state index contributed by atoms with van der Waals surface area (Å²) in [5.41, 5.74) is 3.14. The third-order valence-electron chi connectivity index (χ3n) is 5.42. The normalized spacial score (nSPS) is 13.1. The Morgan fingerprint density at radius 3 is 2.55 bits per heavy atom. The molecule has 1 aliphatic rings. The number of fused-ring (bicyclic) bond motifs is 1. The van der Waals surface area contributed by atoms with Gasteiger partial charge in [0, 0.05) is 36.5 Å². The van der Waals surface area contributed by atoms with Gasteiger partial charge in [-0.1, -0.05) is 16.8 Å². The number of benzene rings is 2. The highest BCUT2D eigenvalue weighted by Crippen LogP contribution is 2.33. The smallest absolute Gasteiger partial charge is 0.226 e. The van der Waals surface area contributed by atoms with Crippen LogP contribution in [0.4, 0.5) is 0 Å². The van der Waals surface area contributed by atoms with Gasteiger partial charge in [-0.25, -0.2) is 0 Å². The quantitative estimate of drug-likeness (QED) is 0.543. The molecular weight excluding hydrogens is 418 g/mol. The molecule has 1 aromatic heterocycles. The molecule has 0 bridgehead atoms. The van der Waals surface area contributed by atoms with E-state index in [-0.39, 0.29) is 5.91 Å². The maximum absolute atomic E-state index is 12.7. The number of carbonyl (C=O) groups excluding carboxylic acids is 1. The zero-order valence-electron chi connectivity index (χ0n) is 17.6. The summed E-state index contributed by atoms with van der Waals surface area (Å²) in [6.45, 7) is 1.28. The lowest BCUT2D eigenvalue weighted by atomic mass is 9.98. The summed E-state index contributed by atoms with van der Waals surface area (Å²) < 4.78 is 16.1. The van der Waals surface area contributed by atoms with E-state index in [4.69, 9.17) is 25.6 Å². The highest BCUT2D eigenvalue weighted by atomic mass is 35.5. The standard InChI is InChI=1S/C23H24ClN3O4/c1-29-19-12-16-10-11-27(14-17(16)13-20(19)30-2)22(28)5-3-4-21-25-23(26-31-21)15-6-8-18(24)9-7-15/h6-9,12-13H,3-5,10-11,14H2,1-2H3. The average molecular weight is 442 g/mol. The molecule has 0 saturated heterocycles. The van der Waals surface area contributed by atoms with E-state index in [0.717, 1.165) is 23.3 Å². The SMILES string of the molecule is COc1cc2c(cc1OC)CN(C(=O)CCCc1nc(-c3ccc(Cl)cc3)no1)CC2. The minimum Gasteiger partial charge on any atom is -0.493 e. The van der Waals surface area contributed by atoms with E-state index in [1.54, 1.807) is 26.4 Å². The van der Waals surface area contributed by atoms with E-state index in [0.29, 0.717) is 54.8 Å². The van der Waals surface area contributed by atoms with Gasteiger partial charge in [-0.15, -0.1) is 0 Å². The van der Waals surface area contributed by atoms with Crippen LogP contribution in [-0.2, 0) is 24.2 Å². The molecule has 0 saturated carbocycles. The molecule has 2 heterocycles. The van der Waals surface area contributed by atoms with Gasteiger partial charge in [-0.3, -0.25) is 4.79 Å². The maximum atomic E-state index is 12.7. The predicted octanol–water partition coefficient (Wildman–Crippen LogP) is 4.31. The molecule has 4 rings (SSSR count). The van der Waals surface area contributed by atoms with Gasteiger partial charge in [0.15, 0.2) is 11.5 Å². The van der Waals surface area contributed by atoms with Gasteiger partial charge >= 0.3 is 0 Å². The third-order valence-corrected chi connectivity index (χ3v) is 5.67. The molecule has 0 atom stereocenters. The first kappa shape index (κ1) is 21.2. The lowest BCUT2D eigenvalue weighted by Crippen LogP contribution is -2.35. The zero-order valence-corrected chi connectivity index (χ0v) is 18.3. The highest BCUT2D eigenvalue weighted by molar-refractivity contribution is 6.30. The van der Waals surface area contributed by atoms with Crippen molar-refractivity contribution in [2.45, 2.75) is 32.2 Å². The number of methoxy groups -OCH3 is 2. The molecule has 1 amide bonds. The van der Waals surface area contributed by atoms with Crippen molar-refractivity contribution in [3.63, 3.8) is 0 Å². The Hall–Kier alpha value is -3.06.